The smallest absolute Gasteiger partial charge is 0.156 e. The number of fused-ring (bicyclic) bond motifs is 1. The van der Waals surface area contributed by atoms with Gasteiger partial charge >= 0.3 is 0 Å². The van der Waals surface area contributed by atoms with E-state index in [0.717, 1.165) is 30.0 Å². The van der Waals surface area contributed by atoms with Crippen LogP contribution in [0.15, 0.2) is 60.7 Å². The van der Waals surface area contributed by atoms with Crippen LogP contribution >= 0.6 is 0 Å². The van der Waals surface area contributed by atoms with Gasteiger partial charge in [-0.2, -0.15) is 5.10 Å². The predicted molar refractivity (Wildman–Crippen MR) is 131 cm³/mol. The normalized spacial score (nSPS) is 14.4. The van der Waals surface area contributed by atoms with E-state index < -0.39 is 0 Å². The summed E-state index contributed by atoms with van der Waals surface area (Å²) in [5.74, 6) is 0.864. The molecule has 3 heterocycles. The quantitative estimate of drug-likeness (QED) is 0.385. The summed E-state index contributed by atoms with van der Waals surface area (Å²) in [6.07, 6.45) is 5.90. The van der Waals surface area contributed by atoms with E-state index in [9.17, 15) is 0 Å². The maximum absolute atomic E-state index is 4.86. The van der Waals surface area contributed by atoms with Gasteiger partial charge in [0.25, 0.3) is 0 Å². The molecule has 0 saturated carbocycles. The number of likely N-dealkylation sites (tertiary alicyclic amines) is 1. The first kappa shape index (κ1) is 20.9. The van der Waals surface area contributed by atoms with E-state index in [-0.39, 0.29) is 0 Å². The van der Waals surface area contributed by atoms with Crippen LogP contribution in [0.25, 0.3) is 16.9 Å². The van der Waals surface area contributed by atoms with Gasteiger partial charge in [-0.15, -0.1) is 0 Å². The first-order valence-corrected chi connectivity index (χ1v) is 11.9. The highest BCUT2D eigenvalue weighted by Crippen LogP contribution is 2.23. The SMILES string of the molecule is Cc1cc(C)cc(-c2cccc3nc(Cc4ccc(CCCN5CCCC5)cc4)nn23)c1. The number of hydrogen-bond acceptors (Lipinski definition) is 3. The van der Waals surface area contributed by atoms with Gasteiger partial charge in [0.15, 0.2) is 11.5 Å². The number of rotatable bonds is 7. The molecule has 1 saturated heterocycles. The Labute approximate surface area is 190 Å². The fourth-order valence-corrected chi connectivity index (χ4v) is 4.89. The van der Waals surface area contributed by atoms with Crippen molar-refractivity contribution in [2.45, 2.75) is 46.0 Å². The third-order valence-electron chi connectivity index (χ3n) is 6.44. The second-order valence-corrected chi connectivity index (χ2v) is 9.23. The van der Waals surface area contributed by atoms with Crippen molar-refractivity contribution < 1.29 is 0 Å². The molecule has 1 aliphatic rings. The highest BCUT2D eigenvalue weighted by Gasteiger charge is 2.12. The Morgan fingerprint density at radius 3 is 2.31 bits per heavy atom. The molecule has 164 valence electrons. The van der Waals surface area contributed by atoms with Gasteiger partial charge in [-0.3, -0.25) is 0 Å². The molecule has 32 heavy (non-hydrogen) atoms. The van der Waals surface area contributed by atoms with Crippen LogP contribution in [0.5, 0.6) is 0 Å². The zero-order chi connectivity index (χ0) is 21.9. The lowest BCUT2D eigenvalue weighted by molar-refractivity contribution is 0.334. The van der Waals surface area contributed by atoms with Crippen LogP contribution in [-0.4, -0.2) is 39.1 Å². The highest BCUT2D eigenvalue weighted by molar-refractivity contribution is 5.64. The van der Waals surface area contributed by atoms with Gasteiger partial charge in [0.05, 0.1) is 5.69 Å². The van der Waals surface area contributed by atoms with E-state index in [0.29, 0.717) is 0 Å². The van der Waals surface area contributed by atoms with Crippen molar-refractivity contribution in [1.29, 1.82) is 0 Å². The van der Waals surface area contributed by atoms with Crippen LogP contribution < -0.4 is 0 Å². The zero-order valence-corrected chi connectivity index (χ0v) is 19.2. The van der Waals surface area contributed by atoms with Crippen molar-refractivity contribution in [2.24, 2.45) is 0 Å². The molecule has 2 aromatic carbocycles. The van der Waals surface area contributed by atoms with E-state index in [1.54, 1.807) is 0 Å². The number of nitrogens with zero attached hydrogens (tertiary/aromatic N) is 4. The van der Waals surface area contributed by atoms with Gasteiger partial charge < -0.3 is 4.90 Å². The fraction of sp³-hybridized carbons (Fsp3) is 0.357. The molecule has 0 atom stereocenters. The third-order valence-corrected chi connectivity index (χ3v) is 6.44. The van der Waals surface area contributed by atoms with Crippen molar-refractivity contribution >= 4 is 5.65 Å². The molecule has 0 amide bonds. The molecule has 0 unspecified atom stereocenters. The summed E-state index contributed by atoms with van der Waals surface area (Å²) in [6.45, 7) is 8.08. The van der Waals surface area contributed by atoms with Crippen molar-refractivity contribution in [3.63, 3.8) is 0 Å². The topological polar surface area (TPSA) is 33.4 Å². The maximum atomic E-state index is 4.86. The molecular formula is C28H32N4. The van der Waals surface area contributed by atoms with Crippen LogP contribution in [0.1, 0.15) is 47.3 Å². The summed E-state index contributed by atoms with van der Waals surface area (Å²) in [5, 5.41) is 4.86. The lowest BCUT2D eigenvalue weighted by atomic mass is 10.0. The fourth-order valence-electron chi connectivity index (χ4n) is 4.89. The highest BCUT2D eigenvalue weighted by atomic mass is 15.3. The molecule has 1 fully saturated rings. The maximum Gasteiger partial charge on any atom is 0.156 e. The van der Waals surface area contributed by atoms with Gasteiger partial charge in [-0.25, -0.2) is 9.50 Å². The van der Waals surface area contributed by atoms with Crippen LogP contribution in [0.3, 0.4) is 0 Å². The summed E-state index contributed by atoms with van der Waals surface area (Å²) < 4.78 is 1.98. The average Bonchev–Trinajstić information content (AvgIpc) is 3.43. The molecule has 0 radical (unpaired) electrons. The van der Waals surface area contributed by atoms with Crippen molar-refractivity contribution in [2.75, 3.05) is 19.6 Å². The Morgan fingerprint density at radius 2 is 1.56 bits per heavy atom. The summed E-state index contributed by atoms with van der Waals surface area (Å²) >= 11 is 0. The molecule has 5 rings (SSSR count). The van der Waals surface area contributed by atoms with Gasteiger partial charge in [-0.05, 0) is 94.6 Å². The molecular weight excluding hydrogens is 392 g/mol. The van der Waals surface area contributed by atoms with Crippen molar-refractivity contribution in [3.8, 4) is 11.3 Å². The molecule has 4 nitrogen and oxygen atoms in total. The van der Waals surface area contributed by atoms with Crippen LogP contribution in [-0.2, 0) is 12.8 Å². The monoisotopic (exact) mass is 424 g/mol. The van der Waals surface area contributed by atoms with Gasteiger partial charge in [0.2, 0.25) is 0 Å². The first-order valence-electron chi connectivity index (χ1n) is 11.9. The van der Waals surface area contributed by atoms with Gasteiger partial charge in [-0.1, -0.05) is 47.5 Å². The Bertz CT molecular complexity index is 1180. The molecule has 0 bridgehead atoms. The molecule has 4 aromatic rings. The predicted octanol–water partition coefficient (Wildman–Crippen LogP) is 5.63. The molecule has 2 aromatic heterocycles. The first-order chi connectivity index (χ1) is 15.6. The number of aryl methyl sites for hydroxylation is 3. The Hall–Kier alpha value is -2.98. The number of benzene rings is 2. The Morgan fingerprint density at radius 1 is 0.844 bits per heavy atom. The summed E-state index contributed by atoms with van der Waals surface area (Å²) in [6, 6.07) is 21.9. The summed E-state index contributed by atoms with van der Waals surface area (Å²) in [7, 11) is 0. The van der Waals surface area contributed by atoms with Crippen molar-refractivity contribution in [3.05, 3.63) is 88.7 Å². The van der Waals surface area contributed by atoms with Gasteiger partial charge in [0, 0.05) is 12.0 Å². The second kappa shape index (κ2) is 9.25. The zero-order valence-electron chi connectivity index (χ0n) is 19.2. The molecule has 0 N–H and O–H groups in total. The standard InChI is InChI=1S/C28H32N4/c1-21-17-22(2)19-25(18-21)26-8-5-9-28-29-27(30-32(26)28)20-24-12-10-23(11-13-24)7-6-16-31-14-3-4-15-31/h5,8-13,17-19H,3-4,6-7,14-16,20H2,1-2H3. The largest absolute Gasteiger partial charge is 0.303 e. The summed E-state index contributed by atoms with van der Waals surface area (Å²) in [5.41, 5.74) is 8.38. The van der Waals surface area contributed by atoms with Crippen molar-refractivity contribution in [1.82, 2.24) is 19.5 Å². The molecule has 1 aliphatic heterocycles. The molecule has 4 heteroatoms. The Kier molecular flexibility index (Phi) is 6.04. The second-order valence-electron chi connectivity index (χ2n) is 9.23. The third kappa shape index (κ3) is 4.76. The molecule has 0 spiro atoms. The average molecular weight is 425 g/mol. The number of aromatic nitrogens is 3. The number of pyridine rings is 1. The Balaban J connectivity index is 1.29. The molecule has 0 aliphatic carbocycles. The van der Waals surface area contributed by atoms with Crippen LogP contribution in [0.2, 0.25) is 0 Å². The van der Waals surface area contributed by atoms with Gasteiger partial charge in [0.1, 0.15) is 0 Å². The van der Waals surface area contributed by atoms with E-state index in [4.69, 9.17) is 10.1 Å². The van der Waals surface area contributed by atoms with E-state index >= 15 is 0 Å². The van der Waals surface area contributed by atoms with E-state index in [2.05, 4.69) is 73.3 Å². The van der Waals surface area contributed by atoms with E-state index in [1.807, 2.05) is 10.6 Å². The van der Waals surface area contributed by atoms with E-state index in [1.165, 1.54) is 66.7 Å². The van der Waals surface area contributed by atoms with Crippen LogP contribution in [0, 0.1) is 13.8 Å². The minimum absolute atomic E-state index is 0.752. The lowest BCUT2D eigenvalue weighted by Crippen LogP contribution is -2.20. The minimum atomic E-state index is 0.752. The minimum Gasteiger partial charge on any atom is -0.303 e. The number of hydrogen-bond donors (Lipinski definition) is 0. The van der Waals surface area contributed by atoms with Crippen LogP contribution in [0.4, 0.5) is 0 Å². The summed E-state index contributed by atoms with van der Waals surface area (Å²) in [4.78, 5) is 7.39. The lowest BCUT2D eigenvalue weighted by Gasteiger charge is -2.13.